The Bertz CT molecular complexity index is 172. The summed E-state index contributed by atoms with van der Waals surface area (Å²) in [5, 5.41) is 10.5. The summed E-state index contributed by atoms with van der Waals surface area (Å²) in [5.41, 5.74) is 1.05. The lowest BCUT2D eigenvalue weighted by atomic mass is 9.89. The SMILES string of the molecule is CC(C)C1=C(Cl)CCCC1O. The number of aliphatic hydroxyl groups is 1. The van der Waals surface area contributed by atoms with Crippen molar-refractivity contribution in [2.75, 3.05) is 0 Å². The van der Waals surface area contributed by atoms with Crippen molar-refractivity contribution in [3.05, 3.63) is 10.6 Å². The molecule has 1 N–H and O–H groups in total. The Morgan fingerprint density at radius 1 is 1.55 bits per heavy atom. The second-order valence-corrected chi connectivity index (χ2v) is 3.88. The predicted molar refractivity (Wildman–Crippen MR) is 47.6 cm³/mol. The molecule has 0 spiro atoms. The quantitative estimate of drug-likeness (QED) is 0.648. The van der Waals surface area contributed by atoms with Crippen molar-refractivity contribution < 1.29 is 5.11 Å². The number of halogens is 1. The van der Waals surface area contributed by atoms with Crippen LogP contribution in [0.3, 0.4) is 0 Å². The standard InChI is InChI=1S/C9H15ClO/c1-6(2)9-7(10)4-3-5-8(9)11/h6,8,11H,3-5H2,1-2H3. The molecule has 0 radical (unpaired) electrons. The number of hydrogen-bond acceptors (Lipinski definition) is 1. The lowest BCUT2D eigenvalue weighted by Gasteiger charge is -2.24. The molecule has 64 valence electrons. The molecule has 0 aromatic heterocycles. The van der Waals surface area contributed by atoms with Gasteiger partial charge in [0.15, 0.2) is 0 Å². The van der Waals surface area contributed by atoms with E-state index >= 15 is 0 Å². The van der Waals surface area contributed by atoms with Crippen LogP contribution >= 0.6 is 11.6 Å². The third-order valence-corrected chi connectivity index (χ3v) is 2.58. The van der Waals surface area contributed by atoms with Crippen molar-refractivity contribution in [2.45, 2.75) is 39.2 Å². The van der Waals surface area contributed by atoms with E-state index in [-0.39, 0.29) is 6.10 Å². The lowest BCUT2D eigenvalue weighted by Crippen LogP contribution is -2.19. The van der Waals surface area contributed by atoms with Gasteiger partial charge in [0, 0.05) is 5.03 Å². The summed E-state index contributed by atoms with van der Waals surface area (Å²) >= 11 is 5.99. The van der Waals surface area contributed by atoms with Crippen LogP contribution in [-0.4, -0.2) is 11.2 Å². The van der Waals surface area contributed by atoms with E-state index < -0.39 is 0 Å². The summed E-state index contributed by atoms with van der Waals surface area (Å²) in [6.45, 7) is 4.15. The van der Waals surface area contributed by atoms with E-state index in [0.29, 0.717) is 5.92 Å². The summed E-state index contributed by atoms with van der Waals surface area (Å²) in [5.74, 6) is 0.387. The average molecular weight is 175 g/mol. The Hall–Kier alpha value is -0.0100. The molecule has 1 unspecified atom stereocenters. The zero-order chi connectivity index (χ0) is 8.43. The molecular formula is C9H15ClO. The smallest absolute Gasteiger partial charge is 0.0766 e. The molecule has 0 amide bonds. The molecule has 1 rings (SSSR count). The third-order valence-electron chi connectivity index (χ3n) is 2.17. The van der Waals surface area contributed by atoms with Crippen LogP contribution in [0.5, 0.6) is 0 Å². The van der Waals surface area contributed by atoms with Gasteiger partial charge in [-0.05, 0) is 30.8 Å². The lowest BCUT2D eigenvalue weighted by molar-refractivity contribution is 0.179. The Labute approximate surface area is 73.1 Å². The predicted octanol–water partition coefficient (Wildman–Crippen LogP) is 2.68. The average Bonchev–Trinajstić information content (AvgIpc) is 1.85. The summed E-state index contributed by atoms with van der Waals surface area (Å²) in [6, 6.07) is 0. The molecule has 0 saturated heterocycles. The van der Waals surface area contributed by atoms with Crippen LogP contribution in [0.1, 0.15) is 33.1 Å². The fourth-order valence-corrected chi connectivity index (χ4v) is 2.11. The van der Waals surface area contributed by atoms with Crippen LogP contribution in [0, 0.1) is 5.92 Å². The summed E-state index contributed by atoms with van der Waals surface area (Å²) in [6.07, 6.45) is 2.57. The number of rotatable bonds is 1. The minimum atomic E-state index is -0.281. The highest BCUT2D eigenvalue weighted by Gasteiger charge is 2.21. The zero-order valence-corrected chi connectivity index (χ0v) is 7.86. The molecule has 0 saturated carbocycles. The number of allylic oxidation sites excluding steroid dienone is 1. The Morgan fingerprint density at radius 2 is 2.18 bits per heavy atom. The summed E-state index contributed by atoms with van der Waals surface area (Å²) < 4.78 is 0. The van der Waals surface area contributed by atoms with Gasteiger partial charge in [0.05, 0.1) is 6.10 Å². The molecule has 0 fully saturated rings. The minimum Gasteiger partial charge on any atom is -0.389 e. The van der Waals surface area contributed by atoms with Gasteiger partial charge < -0.3 is 5.11 Å². The number of aliphatic hydroxyl groups excluding tert-OH is 1. The Morgan fingerprint density at radius 3 is 2.55 bits per heavy atom. The normalized spacial score (nSPS) is 26.5. The first-order valence-corrected chi connectivity index (χ1v) is 4.57. The molecule has 1 nitrogen and oxygen atoms in total. The van der Waals surface area contributed by atoms with Crippen molar-refractivity contribution in [3.8, 4) is 0 Å². The van der Waals surface area contributed by atoms with Crippen LogP contribution in [0.15, 0.2) is 10.6 Å². The molecule has 2 heteroatoms. The first-order chi connectivity index (χ1) is 5.13. The first-order valence-electron chi connectivity index (χ1n) is 4.19. The summed E-state index contributed by atoms with van der Waals surface area (Å²) in [4.78, 5) is 0. The highest BCUT2D eigenvalue weighted by molar-refractivity contribution is 6.30. The second-order valence-electron chi connectivity index (χ2n) is 3.42. The van der Waals surface area contributed by atoms with Crippen molar-refractivity contribution in [1.29, 1.82) is 0 Å². The van der Waals surface area contributed by atoms with Crippen molar-refractivity contribution in [3.63, 3.8) is 0 Å². The first kappa shape index (κ1) is 9.08. The molecule has 0 aliphatic heterocycles. The monoisotopic (exact) mass is 174 g/mol. The van der Waals surface area contributed by atoms with Gasteiger partial charge in [0.1, 0.15) is 0 Å². The fourth-order valence-electron chi connectivity index (χ4n) is 1.63. The van der Waals surface area contributed by atoms with Crippen LogP contribution in [-0.2, 0) is 0 Å². The molecule has 1 atom stereocenters. The van der Waals surface area contributed by atoms with E-state index in [4.69, 9.17) is 11.6 Å². The fraction of sp³-hybridized carbons (Fsp3) is 0.778. The van der Waals surface area contributed by atoms with Gasteiger partial charge in [-0.3, -0.25) is 0 Å². The summed E-state index contributed by atoms with van der Waals surface area (Å²) in [7, 11) is 0. The highest BCUT2D eigenvalue weighted by Crippen LogP contribution is 2.32. The van der Waals surface area contributed by atoms with Crippen LogP contribution in [0.25, 0.3) is 0 Å². The van der Waals surface area contributed by atoms with Crippen molar-refractivity contribution >= 4 is 11.6 Å². The van der Waals surface area contributed by atoms with Gasteiger partial charge in [-0.2, -0.15) is 0 Å². The maximum Gasteiger partial charge on any atom is 0.0766 e. The van der Waals surface area contributed by atoms with Gasteiger partial charge in [-0.15, -0.1) is 0 Å². The van der Waals surface area contributed by atoms with E-state index in [1.807, 2.05) is 0 Å². The van der Waals surface area contributed by atoms with E-state index in [0.717, 1.165) is 29.9 Å². The van der Waals surface area contributed by atoms with E-state index in [1.54, 1.807) is 0 Å². The van der Waals surface area contributed by atoms with Gasteiger partial charge >= 0.3 is 0 Å². The second kappa shape index (κ2) is 3.59. The molecular weight excluding hydrogens is 160 g/mol. The van der Waals surface area contributed by atoms with Gasteiger partial charge in [0.2, 0.25) is 0 Å². The van der Waals surface area contributed by atoms with Gasteiger partial charge in [-0.25, -0.2) is 0 Å². The topological polar surface area (TPSA) is 20.2 Å². The highest BCUT2D eigenvalue weighted by atomic mass is 35.5. The van der Waals surface area contributed by atoms with E-state index in [1.165, 1.54) is 0 Å². The molecule has 0 aromatic rings. The van der Waals surface area contributed by atoms with E-state index in [9.17, 15) is 5.11 Å². The third kappa shape index (κ3) is 1.97. The van der Waals surface area contributed by atoms with Crippen LogP contribution in [0.4, 0.5) is 0 Å². The van der Waals surface area contributed by atoms with E-state index in [2.05, 4.69) is 13.8 Å². The van der Waals surface area contributed by atoms with Crippen LogP contribution in [0.2, 0.25) is 0 Å². The van der Waals surface area contributed by atoms with Crippen molar-refractivity contribution in [1.82, 2.24) is 0 Å². The zero-order valence-electron chi connectivity index (χ0n) is 7.10. The number of hydrogen-bond donors (Lipinski definition) is 1. The Kier molecular flexibility index (Phi) is 2.97. The maximum atomic E-state index is 9.57. The van der Waals surface area contributed by atoms with Gasteiger partial charge in [-0.1, -0.05) is 25.4 Å². The molecule has 0 bridgehead atoms. The van der Waals surface area contributed by atoms with Crippen LogP contribution < -0.4 is 0 Å². The minimum absolute atomic E-state index is 0.281. The molecule has 1 aliphatic rings. The van der Waals surface area contributed by atoms with Gasteiger partial charge in [0.25, 0.3) is 0 Å². The largest absolute Gasteiger partial charge is 0.389 e. The Balaban J connectivity index is 2.82. The maximum absolute atomic E-state index is 9.57. The molecule has 11 heavy (non-hydrogen) atoms. The molecule has 1 aliphatic carbocycles. The van der Waals surface area contributed by atoms with Crippen molar-refractivity contribution in [2.24, 2.45) is 5.92 Å². The molecule has 0 aromatic carbocycles. The molecule has 0 heterocycles.